The number of hydrogen-bond donors (Lipinski definition) is 4. The molecule has 2 fully saturated rings. The van der Waals surface area contributed by atoms with Crippen molar-refractivity contribution < 1.29 is 23.9 Å². The molecule has 6 N–H and O–H groups in total. The van der Waals surface area contributed by atoms with Gasteiger partial charge in [0.15, 0.2) is 17.3 Å². The predicted octanol–water partition coefficient (Wildman–Crippen LogP) is 3.97. The molecule has 10 heteroatoms. The average Bonchev–Trinajstić information content (AvgIpc) is 3.54. The zero-order valence-electron chi connectivity index (χ0n) is 26.0. The molecule has 0 aromatic heterocycles. The molecule has 1 saturated heterocycles. The van der Waals surface area contributed by atoms with Gasteiger partial charge in [-0.1, -0.05) is 61.8 Å². The van der Waals surface area contributed by atoms with Gasteiger partial charge in [-0.2, -0.15) is 0 Å². The number of ether oxygens (including phenoxy) is 2. The largest absolute Gasteiger partial charge is 0.456 e. The Kier molecular flexibility index (Phi) is 9.02. The van der Waals surface area contributed by atoms with E-state index in [0.717, 1.165) is 62.5 Å². The van der Waals surface area contributed by atoms with Gasteiger partial charge in [0.2, 0.25) is 5.78 Å². The highest BCUT2D eigenvalue weighted by Crippen LogP contribution is 2.59. The van der Waals surface area contributed by atoms with E-state index in [1.54, 1.807) is 31.3 Å². The zero-order chi connectivity index (χ0) is 31.5. The van der Waals surface area contributed by atoms with E-state index in [1.807, 2.05) is 25.2 Å². The highest BCUT2D eigenvalue weighted by Gasteiger charge is 2.85. The third-order valence-electron chi connectivity index (χ3n) is 9.50. The van der Waals surface area contributed by atoms with Gasteiger partial charge >= 0.3 is 5.97 Å². The van der Waals surface area contributed by atoms with E-state index in [4.69, 9.17) is 20.9 Å². The first kappa shape index (κ1) is 31.5. The van der Waals surface area contributed by atoms with Crippen LogP contribution in [-0.2, 0) is 14.3 Å². The number of hydrogen-bond acceptors (Lipinski definition) is 8. The fourth-order valence-corrected chi connectivity index (χ4v) is 6.96. The number of dihydropyridines is 1. The number of Topliss-reactive ketones (excluding diaryl/α,β-unsaturated/α-hetero) is 2. The molecule has 5 rings (SSSR count). The molecule has 44 heavy (non-hydrogen) atoms. The van der Waals surface area contributed by atoms with Crippen molar-refractivity contribution in [2.75, 3.05) is 13.6 Å². The molecule has 0 amide bonds. The molecule has 10 nitrogen and oxygen atoms in total. The number of unbranched alkanes of at least 4 members (excludes halogenated alkanes) is 2. The molecule has 0 radical (unpaired) electrons. The third kappa shape index (κ3) is 5.67. The SMILES string of the molecule is CCCCCC1(OC(=O)[C@]23O[C@@]2(C/C=C(\C)C[C@@H](NC(N)=NC)C2=CCNC(N)=C2)C(=O)c2ccccc2C3=O)CCCC1. The van der Waals surface area contributed by atoms with Gasteiger partial charge < -0.3 is 31.6 Å². The molecular weight excluding hydrogens is 558 g/mol. The predicted molar refractivity (Wildman–Crippen MR) is 169 cm³/mol. The van der Waals surface area contributed by atoms with Crippen LogP contribution in [0.1, 0.15) is 98.8 Å². The van der Waals surface area contributed by atoms with Crippen molar-refractivity contribution in [3.05, 3.63) is 70.6 Å². The summed E-state index contributed by atoms with van der Waals surface area (Å²) in [5, 5.41) is 6.30. The molecule has 1 aromatic carbocycles. The van der Waals surface area contributed by atoms with Gasteiger partial charge in [0.05, 0.1) is 11.9 Å². The van der Waals surface area contributed by atoms with Gasteiger partial charge in [-0.05, 0) is 63.5 Å². The summed E-state index contributed by atoms with van der Waals surface area (Å²) < 4.78 is 12.4. The van der Waals surface area contributed by atoms with Crippen molar-refractivity contribution in [1.29, 1.82) is 0 Å². The molecule has 2 aliphatic carbocycles. The number of rotatable bonds is 12. The molecule has 236 valence electrons. The number of carbonyl (C=O) groups is 3. The van der Waals surface area contributed by atoms with Crippen LogP contribution in [0, 0.1) is 0 Å². The number of epoxide rings is 1. The minimum absolute atomic E-state index is 0.0539. The maximum atomic E-state index is 14.1. The number of nitrogens with one attached hydrogen (secondary N) is 2. The normalized spacial score (nSPS) is 26.5. The summed E-state index contributed by atoms with van der Waals surface area (Å²) in [6.45, 7) is 4.66. The maximum Gasteiger partial charge on any atom is 0.350 e. The summed E-state index contributed by atoms with van der Waals surface area (Å²) in [5.41, 5.74) is 10.1. The van der Waals surface area contributed by atoms with E-state index in [9.17, 15) is 14.4 Å². The van der Waals surface area contributed by atoms with Crippen LogP contribution < -0.4 is 22.1 Å². The molecule has 2 aliphatic heterocycles. The van der Waals surface area contributed by atoms with Crippen LogP contribution >= 0.6 is 0 Å². The Bertz CT molecular complexity index is 1440. The fraction of sp³-hybridized carbons (Fsp3) is 0.529. The molecule has 3 atom stereocenters. The van der Waals surface area contributed by atoms with Crippen molar-refractivity contribution in [1.82, 2.24) is 10.6 Å². The van der Waals surface area contributed by atoms with E-state index >= 15 is 0 Å². The summed E-state index contributed by atoms with van der Waals surface area (Å²) in [5.74, 6) is -0.770. The monoisotopic (exact) mass is 603 g/mol. The quantitative estimate of drug-likeness (QED) is 0.0527. The Balaban J connectivity index is 1.43. The molecule has 0 unspecified atom stereocenters. The van der Waals surface area contributed by atoms with Gasteiger partial charge in [0.1, 0.15) is 5.60 Å². The second-order valence-electron chi connectivity index (χ2n) is 12.5. The van der Waals surface area contributed by atoms with Crippen LogP contribution in [0.25, 0.3) is 0 Å². The van der Waals surface area contributed by atoms with Crippen molar-refractivity contribution in [3.63, 3.8) is 0 Å². The van der Waals surface area contributed by atoms with Crippen molar-refractivity contribution >= 4 is 23.5 Å². The molecule has 4 aliphatic rings. The summed E-state index contributed by atoms with van der Waals surface area (Å²) in [7, 11) is 1.61. The summed E-state index contributed by atoms with van der Waals surface area (Å²) in [4.78, 5) is 46.3. The van der Waals surface area contributed by atoms with Crippen molar-refractivity contribution in [2.24, 2.45) is 16.5 Å². The number of nitrogens with two attached hydrogens (primary N) is 2. The molecule has 0 bridgehead atoms. The fourth-order valence-electron chi connectivity index (χ4n) is 6.96. The van der Waals surface area contributed by atoms with Crippen LogP contribution in [0.15, 0.2) is 64.5 Å². The molecule has 2 heterocycles. The highest BCUT2D eigenvalue weighted by molar-refractivity contribution is 6.32. The standard InChI is InChI=1S/C34H45N5O5/c1-4-5-8-15-32(16-9-10-17-32)43-30(42)34-29(41)25-12-7-6-11-24(25)28(40)33(34,44-34)18-13-22(2)20-26(39-31(36)37-3)23-14-19-38-27(35)21-23/h6-7,11-14,21,26,38H,4-5,8-10,15-20,35H2,1-3H3,(H3,36,37,39)/b22-13+/t26-,33+,34+/m1/s1. The van der Waals surface area contributed by atoms with Crippen LogP contribution in [-0.4, -0.2) is 59.9 Å². The van der Waals surface area contributed by atoms with Gasteiger partial charge in [-0.3, -0.25) is 14.6 Å². The molecule has 0 spiro atoms. The van der Waals surface area contributed by atoms with Gasteiger partial charge in [0, 0.05) is 31.1 Å². The van der Waals surface area contributed by atoms with E-state index in [-0.39, 0.29) is 35.3 Å². The number of ketones is 2. The van der Waals surface area contributed by atoms with Crippen LogP contribution in [0.4, 0.5) is 0 Å². The number of guanidine groups is 1. The lowest BCUT2D eigenvalue weighted by Gasteiger charge is -2.32. The summed E-state index contributed by atoms with van der Waals surface area (Å²) in [6, 6.07) is 6.39. The number of nitrogens with zero attached hydrogens (tertiary/aromatic N) is 1. The van der Waals surface area contributed by atoms with Gasteiger partial charge in [-0.25, -0.2) is 4.79 Å². The molecule has 1 saturated carbocycles. The number of aliphatic imine (C=N–C) groups is 1. The van der Waals surface area contributed by atoms with E-state index in [0.29, 0.717) is 18.8 Å². The first-order chi connectivity index (χ1) is 21.1. The Hall–Kier alpha value is -3.92. The van der Waals surface area contributed by atoms with E-state index in [1.165, 1.54) is 0 Å². The minimum atomic E-state index is -1.98. The van der Waals surface area contributed by atoms with Gasteiger partial charge in [-0.15, -0.1) is 0 Å². The lowest BCUT2D eigenvalue weighted by Crippen LogP contribution is -2.52. The second kappa shape index (κ2) is 12.6. The van der Waals surface area contributed by atoms with Crippen LogP contribution in [0.5, 0.6) is 0 Å². The second-order valence-corrected chi connectivity index (χ2v) is 12.5. The van der Waals surface area contributed by atoms with E-state index < -0.39 is 28.6 Å². The zero-order valence-corrected chi connectivity index (χ0v) is 26.0. The van der Waals surface area contributed by atoms with Crippen LogP contribution in [0.2, 0.25) is 0 Å². The lowest BCUT2D eigenvalue weighted by atomic mass is 9.72. The lowest BCUT2D eigenvalue weighted by molar-refractivity contribution is -0.164. The van der Waals surface area contributed by atoms with Gasteiger partial charge in [0.25, 0.3) is 5.60 Å². The summed E-state index contributed by atoms with van der Waals surface area (Å²) in [6.07, 6.45) is 13.5. The maximum absolute atomic E-state index is 14.1. The van der Waals surface area contributed by atoms with Crippen molar-refractivity contribution in [3.8, 4) is 0 Å². The average molecular weight is 604 g/mol. The first-order valence-electron chi connectivity index (χ1n) is 15.8. The topological polar surface area (TPSA) is 161 Å². The number of benzene rings is 1. The van der Waals surface area contributed by atoms with Crippen LogP contribution in [0.3, 0.4) is 0 Å². The third-order valence-corrected chi connectivity index (χ3v) is 9.50. The first-order valence-corrected chi connectivity index (χ1v) is 15.8. The Morgan fingerprint density at radius 2 is 1.89 bits per heavy atom. The highest BCUT2D eigenvalue weighted by atomic mass is 16.7. The molecule has 1 aromatic rings. The van der Waals surface area contributed by atoms with Crippen molar-refractivity contribution in [2.45, 2.75) is 101 Å². The Labute approximate surface area is 259 Å². The smallest absolute Gasteiger partial charge is 0.350 e. The number of esters is 1. The Morgan fingerprint density at radius 3 is 2.55 bits per heavy atom. The number of carbonyl (C=O) groups excluding carboxylic acids is 3. The molecular formula is C34H45N5O5. The summed E-state index contributed by atoms with van der Waals surface area (Å²) >= 11 is 0. The van der Waals surface area contributed by atoms with E-state index in [2.05, 4.69) is 22.5 Å². The Morgan fingerprint density at radius 1 is 1.18 bits per heavy atom. The minimum Gasteiger partial charge on any atom is -0.456 e. The number of fused-ring (bicyclic) bond motifs is 2.